The molecule has 0 heterocycles. The molecular formula is C6H6Cl2O4. The summed E-state index contributed by atoms with van der Waals surface area (Å²) in [5.41, 5.74) is 0. The lowest BCUT2D eigenvalue weighted by molar-refractivity contribution is -0.159. The normalized spacial score (nSPS) is 40.2. The molecule has 4 atom stereocenters. The van der Waals surface area contributed by atoms with Crippen LogP contribution in [-0.2, 0) is 9.59 Å². The fraction of sp³-hybridized carbons (Fsp3) is 0.667. The van der Waals surface area contributed by atoms with Crippen molar-refractivity contribution in [3.8, 4) is 0 Å². The van der Waals surface area contributed by atoms with Gasteiger partial charge in [0.15, 0.2) is 0 Å². The lowest BCUT2D eigenvalue weighted by Crippen LogP contribution is -2.56. The minimum absolute atomic E-state index is 0.787. The van der Waals surface area contributed by atoms with Gasteiger partial charge in [-0.3, -0.25) is 9.59 Å². The van der Waals surface area contributed by atoms with E-state index in [9.17, 15) is 9.59 Å². The summed E-state index contributed by atoms with van der Waals surface area (Å²) in [5.74, 6) is -4.54. The molecule has 0 spiro atoms. The molecule has 0 saturated heterocycles. The zero-order chi connectivity index (χ0) is 9.46. The third-order valence-electron chi connectivity index (χ3n) is 1.95. The molecule has 4 nitrogen and oxygen atoms in total. The van der Waals surface area contributed by atoms with E-state index in [1.807, 2.05) is 0 Å². The Morgan fingerprint density at radius 3 is 1.33 bits per heavy atom. The Bertz CT molecular complexity index is 206. The molecule has 1 fully saturated rings. The van der Waals surface area contributed by atoms with Crippen LogP contribution in [0.4, 0.5) is 0 Å². The van der Waals surface area contributed by atoms with Gasteiger partial charge in [0.2, 0.25) is 0 Å². The van der Waals surface area contributed by atoms with Crippen LogP contribution in [0.25, 0.3) is 0 Å². The lowest BCUT2D eigenvalue weighted by Gasteiger charge is -2.40. The highest BCUT2D eigenvalue weighted by Gasteiger charge is 2.56. The van der Waals surface area contributed by atoms with Gasteiger partial charge in [0, 0.05) is 0 Å². The van der Waals surface area contributed by atoms with Gasteiger partial charge in [-0.15, -0.1) is 23.2 Å². The van der Waals surface area contributed by atoms with Crippen LogP contribution in [0.2, 0.25) is 0 Å². The number of rotatable bonds is 2. The standard InChI is InChI=1S/C6H6Cl2O4/c7-3-1(5(9)10)2(4(3)8)6(11)12/h1-4H,(H,9,10)(H,11,12)/t1-,2+,3-,4+. The summed E-state index contributed by atoms with van der Waals surface area (Å²) < 4.78 is 0. The SMILES string of the molecule is O=C(O)[C@@H]1[C@H](Cl)[C@H](Cl)[C@@H]1C(=O)O. The van der Waals surface area contributed by atoms with Gasteiger partial charge >= 0.3 is 11.9 Å². The van der Waals surface area contributed by atoms with Crippen molar-refractivity contribution < 1.29 is 19.8 Å². The predicted molar refractivity (Wildman–Crippen MR) is 41.5 cm³/mol. The summed E-state index contributed by atoms with van der Waals surface area (Å²) in [6.45, 7) is 0. The van der Waals surface area contributed by atoms with E-state index < -0.39 is 34.5 Å². The molecule has 12 heavy (non-hydrogen) atoms. The molecule has 2 N–H and O–H groups in total. The van der Waals surface area contributed by atoms with Gasteiger partial charge in [-0.1, -0.05) is 0 Å². The van der Waals surface area contributed by atoms with Crippen LogP contribution >= 0.6 is 23.2 Å². The van der Waals surface area contributed by atoms with E-state index in [0.717, 1.165) is 0 Å². The topological polar surface area (TPSA) is 74.6 Å². The highest BCUT2D eigenvalue weighted by atomic mass is 35.5. The van der Waals surface area contributed by atoms with Crippen LogP contribution in [-0.4, -0.2) is 32.9 Å². The molecule has 1 rings (SSSR count). The number of hydrogen-bond acceptors (Lipinski definition) is 2. The second-order valence-electron chi connectivity index (χ2n) is 2.62. The summed E-state index contributed by atoms with van der Waals surface area (Å²) in [7, 11) is 0. The van der Waals surface area contributed by atoms with Gasteiger partial charge in [-0.2, -0.15) is 0 Å². The summed E-state index contributed by atoms with van der Waals surface area (Å²) in [6, 6.07) is 0. The molecule has 1 aliphatic carbocycles. The van der Waals surface area contributed by atoms with Gasteiger partial charge in [0.1, 0.15) is 0 Å². The minimum atomic E-state index is -1.21. The van der Waals surface area contributed by atoms with E-state index in [1.54, 1.807) is 0 Å². The maximum atomic E-state index is 10.4. The highest BCUT2D eigenvalue weighted by Crippen LogP contribution is 2.43. The second kappa shape index (κ2) is 3.11. The summed E-state index contributed by atoms with van der Waals surface area (Å²) in [4.78, 5) is 20.9. The average Bonchev–Trinajstić information content (AvgIpc) is 1.96. The van der Waals surface area contributed by atoms with Crippen molar-refractivity contribution in [1.29, 1.82) is 0 Å². The first-order valence-corrected chi connectivity index (χ1v) is 4.08. The van der Waals surface area contributed by atoms with Gasteiger partial charge in [0.25, 0.3) is 0 Å². The van der Waals surface area contributed by atoms with Crippen LogP contribution < -0.4 is 0 Å². The fourth-order valence-corrected chi connectivity index (χ4v) is 2.07. The van der Waals surface area contributed by atoms with Gasteiger partial charge in [-0.05, 0) is 0 Å². The molecule has 0 aromatic rings. The Labute approximate surface area is 78.1 Å². The molecule has 1 aliphatic rings. The molecule has 1 saturated carbocycles. The van der Waals surface area contributed by atoms with Crippen molar-refractivity contribution >= 4 is 35.1 Å². The summed E-state index contributed by atoms with van der Waals surface area (Å²) >= 11 is 11.0. The molecule has 0 radical (unpaired) electrons. The quantitative estimate of drug-likeness (QED) is 0.659. The fourth-order valence-electron chi connectivity index (χ4n) is 1.23. The molecule has 6 heteroatoms. The number of carbonyl (C=O) groups is 2. The average molecular weight is 213 g/mol. The van der Waals surface area contributed by atoms with Crippen molar-refractivity contribution in [3.05, 3.63) is 0 Å². The first-order chi connectivity index (χ1) is 5.46. The molecule has 0 bridgehead atoms. The molecule has 0 aromatic carbocycles. The molecule has 0 aromatic heterocycles. The molecule has 0 aliphatic heterocycles. The van der Waals surface area contributed by atoms with E-state index in [1.165, 1.54) is 0 Å². The minimum Gasteiger partial charge on any atom is -0.481 e. The zero-order valence-electron chi connectivity index (χ0n) is 5.78. The number of alkyl halides is 2. The maximum Gasteiger partial charge on any atom is 0.308 e. The van der Waals surface area contributed by atoms with Crippen LogP contribution in [0.5, 0.6) is 0 Å². The predicted octanol–water partition coefficient (Wildman–Crippen LogP) is 0.616. The summed E-state index contributed by atoms with van der Waals surface area (Å²) in [6.07, 6.45) is 0. The van der Waals surface area contributed by atoms with E-state index in [0.29, 0.717) is 0 Å². The maximum absolute atomic E-state index is 10.4. The second-order valence-corrected chi connectivity index (χ2v) is 3.62. The monoisotopic (exact) mass is 212 g/mol. The zero-order valence-corrected chi connectivity index (χ0v) is 7.29. The van der Waals surface area contributed by atoms with Gasteiger partial charge < -0.3 is 10.2 Å². The molecule has 0 amide bonds. The van der Waals surface area contributed by atoms with E-state index in [2.05, 4.69) is 0 Å². The Morgan fingerprint density at radius 2 is 1.17 bits per heavy atom. The molecule has 68 valence electrons. The third-order valence-corrected chi connectivity index (χ3v) is 3.16. The number of halogens is 2. The van der Waals surface area contributed by atoms with E-state index >= 15 is 0 Å². The van der Waals surface area contributed by atoms with Crippen molar-refractivity contribution in [3.63, 3.8) is 0 Å². The first-order valence-electron chi connectivity index (χ1n) is 3.20. The van der Waals surface area contributed by atoms with Gasteiger partial charge in [-0.25, -0.2) is 0 Å². The summed E-state index contributed by atoms with van der Waals surface area (Å²) in [5, 5.41) is 15.5. The largest absolute Gasteiger partial charge is 0.481 e. The Kier molecular flexibility index (Phi) is 2.49. The van der Waals surface area contributed by atoms with Crippen LogP contribution in [0, 0.1) is 11.8 Å². The molecular weight excluding hydrogens is 207 g/mol. The number of aliphatic carboxylic acids is 2. The smallest absolute Gasteiger partial charge is 0.308 e. The Hall–Kier alpha value is -0.480. The number of carboxylic acid groups (broad SMARTS) is 2. The van der Waals surface area contributed by atoms with Crippen molar-refractivity contribution in [2.45, 2.75) is 10.8 Å². The molecule has 0 unspecified atom stereocenters. The lowest BCUT2D eigenvalue weighted by atomic mass is 9.72. The van der Waals surface area contributed by atoms with Crippen LogP contribution in [0.3, 0.4) is 0 Å². The Morgan fingerprint density at radius 1 is 0.917 bits per heavy atom. The van der Waals surface area contributed by atoms with E-state index in [-0.39, 0.29) is 0 Å². The van der Waals surface area contributed by atoms with Crippen LogP contribution in [0.15, 0.2) is 0 Å². The van der Waals surface area contributed by atoms with Gasteiger partial charge in [0.05, 0.1) is 22.6 Å². The highest BCUT2D eigenvalue weighted by molar-refractivity contribution is 6.34. The van der Waals surface area contributed by atoms with Crippen molar-refractivity contribution in [2.75, 3.05) is 0 Å². The third kappa shape index (κ3) is 1.25. The Balaban J connectivity index is 2.75. The first kappa shape index (κ1) is 9.61. The van der Waals surface area contributed by atoms with Crippen LogP contribution in [0.1, 0.15) is 0 Å². The van der Waals surface area contributed by atoms with Crippen molar-refractivity contribution in [2.24, 2.45) is 11.8 Å². The van der Waals surface area contributed by atoms with Crippen molar-refractivity contribution in [1.82, 2.24) is 0 Å². The van der Waals surface area contributed by atoms with E-state index in [4.69, 9.17) is 33.4 Å². The number of hydrogen-bond donors (Lipinski definition) is 2. The number of carboxylic acids is 2.